The van der Waals surface area contributed by atoms with E-state index in [0.717, 1.165) is 55.9 Å². The largest absolute Gasteiger partial charge is 0.416 e. The summed E-state index contributed by atoms with van der Waals surface area (Å²) in [6.45, 7) is 5.75. The van der Waals surface area contributed by atoms with Crippen LogP contribution in [0.3, 0.4) is 0 Å². The Balaban J connectivity index is 1.56. The number of benzene rings is 1. The van der Waals surface area contributed by atoms with Gasteiger partial charge in [-0.1, -0.05) is 16.5 Å². The van der Waals surface area contributed by atoms with Crippen molar-refractivity contribution in [3.63, 3.8) is 0 Å². The normalized spacial score (nSPS) is 19.2. The van der Waals surface area contributed by atoms with Crippen molar-refractivity contribution in [2.45, 2.75) is 32.4 Å². The first-order valence-corrected chi connectivity index (χ1v) is 11.6. The van der Waals surface area contributed by atoms with E-state index in [4.69, 9.17) is 4.84 Å². The van der Waals surface area contributed by atoms with Crippen LogP contribution >= 0.6 is 11.3 Å². The summed E-state index contributed by atoms with van der Waals surface area (Å²) in [6, 6.07) is 1.13. The lowest BCUT2D eigenvalue weighted by atomic mass is 9.78. The SMILES string of the molecule is CO/N=C(\C)CN1CCC2(CCN(c3nc(=O)c4cc(C(F)(F)F)cc([N+](=O)[O-])c4s3)CC2)C1. The molecule has 0 saturated carbocycles. The molecule has 13 heteroatoms. The van der Waals surface area contributed by atoms with Crippen molar-refractivity contribution in [3.8, 4) is 0 Å². The Labute approximate surface area is 197 Å². The Morgan fingerprint density at radius 2 is 1.97 bits per heavy atom. The number of rotatable bonds is 5. The monoisotopic (exact) mass is 499 g/mol. The molecule has 34 heavy (non-hydrogen) atoms. The Morgan fingerprint density at radius 3 is 2.59 bits per heavy atom. The number of aromatic nitrogens is 1. The summed E-state index contributed by atoms with van der Waals surface area (Å²) in [7, 11) is 1.52. The highest BCUT2D eigenvalue weighted by atomic mass is 32.1. The molecule has 2 fully saturated rings. The molecule has 0 aliphatic carbocycles. The maximum atomic E-state index is 13.2. The molecule has 184 valence electrons. The van der Waals surface area contributed by atoms with Crippen molar-refractivity contribution in [2.75, 3.05) is 44.7 Å². The lowest BCUT2D eigenvalue weighted by Crippen LogP contribution is -2.42. The van der Waals surface area contributed by atoms with Gasteiger partial charge in [-0.05, 0) is 44.2 Å². The molecule has 2 aliphatic rings. The number of hydrogen-bond acceptors (Lipinski definition) is 9. The summed E-state index contributed by atoms with van der Waals surface area (Å²) in [5, 5.41) is 15.4. The first-order chi connectivity index (χ1) is 16.0. The summed E-state index contributed by atoms with van der Waals surface area (Å²) >= 11 is 0.893. The van der Waals surface area contributed by atoms with Gasteiger partial charge in [-0.15, -0.1) is 0 Å². The van der Waals surface area contributed by atoms with Gasteiger partial charge < -0.3 is 9.74 Å². The van der Waals surface area contributed by atoms with Gasteiger partial charge in [0.25, 0.3) is 11.2 Å². The Kier molecular flexibility index (Phi) is 6.51. The third-order valence-electron chi connectivity index (χ3n) is 6.53. The van der Waals surface area contributed by atoms with Gasteiger partial charge in [-0.3, -0.25) is 19.8 Å². The first kappa shape index (κ1) is 24.3. The number of oxime groups is 1. The zero-order valence-electron chi connectivity index (χ0n) is 18.7. The van der Waals surface area contributed by atoms with Crippen LogP contribution in [0.5, 0.6) is 0 Å². The standard InChI is InChI=1S/C21H24F3N5O4S/c1-13(26-33-2)11-27-6-3-20(12-27)4-7-28(8-5-20)19-25-18(30)15-9-14(21(22,23)24)10-16(29(31)32)17(15)34-19/h9-10H,3-8,11-12H2,1-2H3/b26-13+. The number of piperidine rings is 1. The number of hydrogen-bond donors (Lipinski definition) is 0. The molecule has 0 bridgehead atoms. The highest BCUT2D eigenvalue weighted by Gasteiger charge is 2.41. The van der Waals surface area contributed by atoms with Crippen LogP contribution in [0.2, 0.25) is 0 Å². The van der Waals surface area contributed by atoms with E-state index in [2.05, 4.69) is 15.0 Å². The Morgan fingerprint density at radius 1 is 1.29 bits per heavy atom. The zero-order chi connectivity index (χ0) is 24.7. The molecular formula is C21H24F3N5O4S. The van der Waals surface area contributed by atoms with Crippen molar-refractivity contribution in [3.05, 3.63) is 38.2 Å². The molecule has 2 aromatic rings. The van der Waals surface area contributed by atoms with Gasteiger partial charge in [-0.2, -0.15) is 18.2 Å². The highest BCUT2D eigenvalue weighted by Crippen LogP contribution is 2.43. The molecule has 1 aromatic heterocycles. The minimum atomic E-state index is -4.81. The van der Waals surface area contributed by atoms with E-state index in [1.807, 2.05) is 11.8 Å². The zero-order valence-corrected chi connectivity index (χ0v) is 19.5. The minimum Gasteiger partial charge on any atom is -0.399 e. The van der Waals surface area contributed by atoms with E-state index in [1.165, 1.54) is 7.11 Å². The van der Waals surface area contributed by atoms with Crippen LogP contribution in [-0.2, 0) is 11.0 Å². The number of nitrogens with zero attached hydrogens (tertiary/aromatic N) is 5. The quantitative estimate of drug-likeness (QED) is 0.349. The van der Waals surface area contributed by atoms with Crippen LogP contribution in [0.25, 0.3) is 10.1 Å². The summed E-state index contributed by atoms with van der Waals surface area (Å²) in [6.07, 6.45) is -2.05. The fraction of sp³-hybridized carbons (Fsp3) is 0.571. The number of nitro benzene ring substituents is 1. The van der Waals surface area contributed by atoms with E-state index in [0.29, 0.717) is 30.4 Å². The van der Waals surface area contributed by atoms with Crippen molar-refractivity contribution in [1.29, 1.82) is 0 Å². The number of alkyl halides is 3. The van der Waals surface area contributed by atoms with Crippen LogP contribution in [0.15, 0.2) is 22.1 Å². The van der Waals surface area contributed by atoms with Crippen LogP contribution < -0.4 is 10.5 Å². The van der Waals surface area contributed by atoms with Gasteiger partial charge in [0.05, 0.1) is 21.6 Å². The van der Waals surface area contributed by atoms with Crippen molar-refractivity contribution in [2.24, 2.45) is 10.6 Å². The third kappa shape index (κ3) is 4.85. The van der Waals surface area contributed by atoms with Crippen LogP contribution in [0, 0.1) is 15.5 Å². The second-order valence-corrected chi connectivity index (χ2v) is 9.86. The van der Waals surface area contributed by atoms with Crippen LogP contribution in [-0.4, -0.2) is 60.4 Å². The second-order valence-electron chi connectivity index (χ2n) is 8.89. The molecule has 3 heterocycles. The molecule has 1 aromatic carbocycles. The van der Waals surface area contributed by atoms with Crippen molar-refractivity contribution >= 4 is 38.0 Å². The summed E-state index contributed by atoms with van der Waals surface area (Å²) in [5.74, 6) is 0. The molecule has 0 radical (unpaired) electrons. The van der Waals surface area contributed by atoms with E-state index in [1.54, 1.807) is 0 Å². The molecule has 0 atom stereocenters. The maximum Gasteiger partial charge on any atom is 0.416 e. The topological polar surface area (TPSA) is 101 Å². The maximum absolute atomic E-state index is 13.2. The smallest absolute Gasteiger partial charge is 0.399 e. The molecule has 1 spiro atoms. The molecular weight excluding hydrogens is 475 g/mol. The summed E-state index contributed by atoms with van der Waals surface area (Å²) < 4.78 is 39.4. The number of nitro groups is 1. The molecule has 2 aliphatic heterocycles. The molecule has 0 N–H and O–H groups in total. The van der Waals surface area contributed by atoms with Crippen molar-refractivity contribution in [1.82, 2.24) is 9.88 Å². The lowest BCUT2D eigenvalue weighted by molar-refractivity contribution is -0.383. The van der Waals surface area contributed by atoms with Crippen molar-refractivity contribution < 1.29 is 22.9 Å². The average Bonchev–Trinajstić information content (AvgIpc) is 3.14. The second kappa shape index (κ2) is 9.10. The highest BCUT2D eigenvalue weighted by molar-refractivity contribution is 7.22. The van der Waals surface area contributed by atoms with Gasteiger partial charge in [-0.25, -0.2) is 0 Å². The lowest BCUT2D eigenvalue weighted by Gasteiger charge is -2.39. The summed E-state index contributed by atoms with van der Waals surface area (Å²) in [5.41, 5.74) is -1.82. The average molecular weight is 500 g/mol. The fourth-order valence-electron chi connectivity index (χ4n) is 4.83. The van der Waals surface area contributed by atoms with E-state index in [9.17, 15) is 28.1 Å². The van der Waals surface area contributed by atoms with E-state index in [-0.39, 0.29) is 15.5 Å². The van der Waals surface area contributed by atoms with E-state index >= 15 is 0 Å². The number of non-ortho nitro benzene ring substituents is 1. The molecule has 4 rings (SSSR count). The first-order valence-electron chi connectivity index (χ1n) is 10.8. The van der Waals surface area contributed by atoms with Crippen LogP contribution in [0.1, 0.15) is 31.7 Å². The van der Waals surface area contributed by atoms with Gasteiger partial charge in [0.15, 0.2) is 5.13 Å². The predicted octanol–water partition coefficient (Wildman–Crippen LogP) is 3.90. The fourth-order valence-corrected chi connectivity index (χ4v) is 5.94. The minimum absolute atomic E-state index is 0.0896. The number of halogens is 3. The molecule has 9 nitrogen and oxygen atoms in total. The Hall–Kier alpha value is -2.80. The molecule has 0 amide bonds. The van der Waals surface area contributed by atoms with Gasteiger partial charge >= 0.3 is 6.18 Å². The number of fused-ring (bicyclic) bond motifs is 1. The third-order valence-corrected chi connectivity index (χ3v) is 7.69. The van der Waals surface area contributed by atoms with Gasteiger partial charge in [0.2, 0.25) is 0 Å². The summed E-state index contributed by atoms with van der Waals surface area (Å²) in [4.78, 5) is 36.3. The number of likely N-dealkylation sites (tertiary alicyclic amines) is 1. The van der Waals surface area contributed by atoms with Gasteiger partial charge in [0.1, 0.15) is 11.8 Å². The molecule has 2 saturated heterocycles. The Bertz CT molecular complexity index is 1190. The number of anilines is 1. The predicted molar refractivity (Wildman–Crippen MR) is 123 cm³/mol. The van der Waals surface area contributed by atoms with Crippen LogP contribution in [0.4, 0.5) is 24.0 Å². The van der Waals surface area contributed by atoms with Gasteiger partial charge in [0, 0.05) is 32.2 Å². The van der Waals surface area contributed by atoms with E-state index < -0.39 is 27.9 Å². The molecule has 0 unspecified atom stereocenters.